The zero-order valence-electron chi connectivity index (χ0n) is 7.65. The number of pyridine rings is 1. The molecule has 16 heavy (non-hydrogen) atoms. The first kappa shape index (κ1) is 12.8. The maximum atomic E-state index is 12.3. The first-order valence-corrected chi connectivity index (χ1v) is 3.99. The van der Waals surface area contributed by atoms with Gasteiger partial charge in [-0.15, -0.1) is 0 Å². The fourth-order valence-corrected chi connectivity index (χ4v) is 1.20. The summed E-state index contributed by atoms with van der Waals surface area (Å²) in [6.45, 7) is -0.855. The Labute approximate surface area is 86.1 Å². The fraction of sp³-hybridized carbons (Fsp3) is 0.375. The molecule has 0 amide bonds. The van der Waals surface area contributed by atoms with Gasteiger partial charge in [0.25, 0.3) is 0 Å². The van der Waals surface area contributed by atoms with Crippen molar-refractivity contribution >= 4 is 0 Å². The third-order valence-electron chi connectivity index (χ3n) is 1.87. The first-order valence-electron chi connectivity index (χ1n) is 3.99. The highest BCUT2D eigenvalue weighted by molar-refractivity contribution is 5.35. The summed E-state index contributed by atoms with van der Waals surface area (Å²) in [4.78, 5) is 2.93. The maximum Gasteiger partial charge on any atom is 0.418 e. The summed E-state index contributed by atoms with van der Waals surface area (Å²) in [7, 11) is 0. The minimum Gasteiger partial charge on any atom is -0.326 e. The van der Waals surface area contributed by atoms with Gasteiger partial charge >= 0.3 is 12.4 Å². The molecule has 0 fully saturated rings. The molecule has 0 radical (unpaired) electrons. The molecule has 0 atom stereocenters. The molecule has 1 rings (SSSR count). The van der Waals surface area contributed by atoms with Crippen molar-refractivity contribution in [2.45, 2.75) is 18.9 Å². The van der Waals surface area contributed by atoms with Crippen molar-refractivity contribution in [2.24, 2.45) is 5.73 Å². The highest BCUT2D eigenvalue weighted by Gasteiger charge is 2.40. The predicted octanol–water partition coefficient (Wildman–Crippen LogP) is 2.58. The van der Waals surface area contributed by atoms with Gasteiger partial charge in [-0.2, -0.15) is 26.3 Å². The third kappa shape index (κ3) is 2.43. The molecule has 1 heterocycles. The van der Waals surface area contributed by atoms with Crippen LogP contribution in [-0.2, 0) is 18.9 Å². The van der Waals surface area contributed by atoms with Crippen LogP contribution in [0.25, 0.3) is 0 Å². The topological polar surface area (TPSA) is 38.9 Å². The van der Waals surface area contributed by atoms with Gasteiger partial charge in [0.2, 0.25) is 0 Å². The molecule has 8 heteroatoms. The Kier molecular flexibility index (Phi) is 3.13. The van der Waals surface area contributed by atoms with Crippen molar-refractivity contribution in [3.8, 4) is 0 Å². The average molecular weight is 244 g/mol. The lowest BCUT2D eigenvalue weighted by molar-refractivity contribution is -0.144. The van der Waals surface area contributed by atoms with E-state index in [0.29, 0.717) is 12.4 Å². The summed E-state index contributed by atoms with van der Waals surface area (Å²) in [6.07, 6.45) is -9.14. The second-order valence-corrected chi connectivity index (χ2v) is 2.91. The van der Waals surface area contributed by atoms with Crippen LogP contribution in [0.4, 0.5) is 26.3 Å². The van der Waals surface area contributed by atoms with Crippen LogP contribution in [0, 0.1) is 0 Å². The van der Waals surface area contributed by atoms with Crippen molar-refractivity contribution in [2.75, 3.05) is 0 Å². The Morgan fingerprint density at radius 2 is 1.31 bits per heavy atom. The average Bonchev–Trinajstić information content (AvgIpc) is 2.13. The summed E-state index contributed by atoms with van der Waals surface area (Å²) >= 11 is 0. The smallest absolute Gasteiger partial charge is 0.326 e. The monoisotopic (exact) mass is 244 g/mol. The minimum absolute atomic E-state index is 0.331. The second kappa shape index (κ2) is 3.93. The number of rotatable bonds is 1. The van der Waals surface area contributed by atoms with Gasteiger partial charge in [-0.25, -0.2) is 0 Å². The first-order chi connectivity index (χ1) is 7.18. The number of aromatic nitrogens is 1. The largest absolute Gasteiger partial charge is 0.418 e. The Balaban J connectivity index is 3.45. The van der Waals surface area contributed by atoms with Crippen LogP contribution in [0.15, 0.2) is 12.4 Å². The Morgan fingerprint density at radius 3 is 1.56 bits per heavy atom. The Bertz CT molecular complexity index is 349. The summed E-state index contributed by atoms with van der Waals surface area (Å²) in [6, 6.07) is 0. The van der Waals surface area contributed by atoms with Gasteiger partial charge in [-0.3, -0.25) is 4.98 Å². The standard InChI is InChI=1S/C8H6F6N2/c9-7(10,11)5-2-16-3-6(4(5)1-15)8(12,13)14/h2-3H,1,15H2. The molecule has 0 saturated heterocycles. The molecule has 90 valence electrons. The number of alkyl halides is 6. The molecule has 1 aromatic rings. The number of nitrogens with two attached hydrogens (primary N) is 1. The highest BCUT2D eigenvalue weighted by Crippen LogP contribution is 2.38. The van der Waals surface area contributed by atoms with E-state index in [1.165, 1.54) is 0 Å². The molecule has 2 N–H and O–H groups in total. The molecule has 0 unspecified atom stereocenters. The molecule has 0 bridgehead atoms. The lowest BCUT2D eigenvalue weighted by atomic mass is 10.0. The van der Waals surface area contributed by atoms with Crippen LogP contribution in [0.2, 0.25) is 0 Å². The van der Waals surface area contributed by atoms with Gasteiger partial charge in [0, 0.05) is 18.9 Å². The fourth-order valence-electron chi connectivity index (χ4n) is 1.20. The van der Waals surface area contributed by atoms with Crippen molar-refractivity contribution in [1.29, 1.82) is 0 Å². The molecule has 2 nitrogen and oxygen atoms in total. The van der Waals surface area contributed by atoms with Crippen molar-refractivity contribution in [1.82, 2.24) is 4.98 Å². The minimum atomic E-state index is -4.90. The third-order valence-corrected chi connectivity index (χ3v) is 1.87. The molecular weight excluding hydrogens is 238 g/mol. The summed E-state index contributed by atoms with van der Waals surface area (Å²) in [5.74, 6) is 0. The molecule has 0 aromatic carbocycles. The molecule has 0 aliphatic rings. The quantitative estimate of drug-likeness (QED) is 0.771. The van der Waals surface area contributed by atoms with Gasteiger partial charge in [0.05, 0.1) is 11.1 Å². The molecule has 0 aliphatic carbocycles. The van der Waals surface area contributed by atoms with Gasteiger partial charge in [0.1, 0.15) is 0 Å². The van der Waals surface area contributed by atoms with Gasteiger partial charge < -0.3 is 5.73 Å². The predicted molar refractivity (Wildman–Crippen MR) is 42.1 cm³/mol. The van der Waals surface area contributed by atoms with Crippen molar-refractivity contribution in [3.05, 3.63) is 29.1 Å². The van der Waals surface area contributed by atoms with Crippen LogP contribution in [0.5, 0.6) is 0 Å². The van der Waals surface area contributed by atoms with E-state index >= 15 is 0 Å². The SMILES string of the molecule is NCc1c(C(F)(F)F)cncc1C(F)(F)F. The van der Waals surface area contributed by atoms with Crippen LogP contribution in [-0.4, -0.2) is 4.98 Å². The number of nitrogens with zero attached hydrogens (tertiary/aromatic N) is 1. The van der Waals surface area contributed by atoms with E-state index in [0.717, 1.165) is 0 Å². The lowest BCUT2D eigenvalue weighted by Gasteiger charge is -2.16. The van der Waals surface area contributed by atoms with E-state index in [1.807, 2.05) is 0 Å². The normalized spacial score (nSPS) is 12.9. The van der Waals surface area contributed by atoms with E-state index in [-0.39, 0.29) is 0 Å². The van der Waals surface area contributed by atoms with E-state index < -0.39 is 35.6 Å². The lowest BCUT2D eigenvalue weighted by Crippen LogP contribution is -2.19. The zero-order chi connectivity index (χ0) is 12.6. The maximum absolute atomic E-state index is 12.3. The Hall–Kier alpha value is -1.31. The van der Waals surface area contributed by atoms with Crippen LogP contribution >= 0.6 is 0 Å². The number of halogens is 6. The molecule has 0 saturated carbocycles. The Morgan fingerprint density at radius 1 is 0.938 bits per heavy atom. The van der Waals surface area contributed by atoms with Crippen LogP contribution < -0.4 is 5.73 Å². The summed E-state index contributed by atoms with van der Waals surface area (Å²) in [5, 5.41) is 0. The van der Waals surface area contributed by atoms with E-state index in [4.69, 9.17) is 5.73 Å². The van der Waals surface area contributed by atoms with Crippen LogP contribution in [0.3, 0.4) is 0 Å². The summed E-state index contributed by atoms with van der Waals surface area (Å²) < 4.78 is 74.0. The molecular formula is C8H6F6N2. The van der Waals surface area contributed by atoms with Gasteiger partial charge in [-0.05, 0) is 5.56 Å². The van der Waals surface area contributed by atoms with E-state index in [2.05, 4.69) is 4.98 Å². The molecule has 1 aromatic heterocycles. The molecule has 0 spiro atoms. The van der Waals surface area contributed by atoms with E-state index in [9.17, 15) is 26.3 Å². The molecule has 0 aliphatic heterocycles. The highest BCUT2D eigenvalue weighted by atomic mass is 19.4. The van der Waals surface area contributed by atoms with E-state index in [1.54, 1.807) is 0 Å². The van der Waals surface area contributed by atoms with Crippen LogP contribution in [0.1, 0.15) is 16.7 Å². The summed E-state index contributed by atoms with van der Waals surface area (Å²) in [5.41, 5.74) is 1.02. The van der Waals surface area contributed by atoms with Gasteiger partial charge in [0.15, 0.2) is 0 Å². The number of hydrogen-bond acceptors (Lipinski definition) is 2. The van der Waals surface area contributed by atoms with Gasteiger partial charge in [-0.1, -0.05) is 0 Å². The number of hydrogen-bond donors (Lipinski definition) is 1. The second-order valence-electron chi connectivity index (χ2n) is 2.91. The zero-order valence-corrected chi connectivity index (χ0v) is 7.65. The van der Waals surface area contributed by atoms with Crippen molar-refractivity contribution in [3.63, 3.8) is 0 Å². The van der Waals surface area contributed by atoms with Crippen molar-refractivity contribution < 1.29 is 26.3 Å².